The Kier molecular flexibility index (Phi) is 3.66. The largest absolute Gasteiger partial charge is 0.351 e. The van der Waals surface area contributed by atoms with Gasteiger partial charge >= 0.3 is 0 Å². The summed E-state index contributed by atoms with van der Waals surface area (Å²) >= 11 is 1.21. The van der Waals surface area contributed by atoms with Gasteiger partial charge < -0.3 is 10.3 Å². The number of amides is 1. The number of aromatic nitrogens is 1. The maximum absolute atomic E-state index is 11.8. The Bertz CT molecular complexity index is 681. The van der Waals surface area contributed by atoms with Gasteiger partial charge in [0.25, 0.3) is 15.9 Å². The van der Waals surface area contributed by atoms with Crippen LogP contribution in [-0.4, -0.2) is 25.9 Å². The molecule has 0 bridgehead atoms. The highest BCUT2D eigenvalue weighted by Crippen LogP contribution is 2.27. The summed E-state index contributed by atoms with van der Waals surface area (Å²) in [5.41, 5.74) is 0. The summed E-state index contributed by atoms with van der Waals surface area (Å²) in [6.07, 6.45) is 0. The smallest absolute Gasteiger partial charge is 0.261 e. The van der Waals surface area contributed by atoms with Crippen molar-refractivity contribution in [3.8, 4) is 0 Å². The number of rotatable bonds is 4. The summed E-state index contributed by atoms with van der Waals surface area (Å²) in [6, 6.07) is 3.08. The second-order valence-corrected chi connectivity index (χ2v) is 7.26. The lowest BCUT2D eigenvalue weighted by molar-refractivity contribution is 0.0953. The van der Waals surface area contributed by atoms with Crippen LogP contribution in [0.25, 0.3) is 10.2 Å². The van der Waals surface area contributed by atoms with Crippen LogP contribution in [0.2, 0.25) is 0 Å². The van der Waals surface area contributed by atoms with Crippen LogP contribution in [0.4, 0.5) is 0 Å². The van der Waals surface area contributed by atoms with Crippen molar-refractivity contribution in [1.29, 1.82) is 0 Å². The van der Waals surface area contributed by atoms with E-state index in [1.54, 1.807) is 6.07 Å². The molecule has 0 fully saturated rings. The molecule has 2 aromatic heterocycles. The molecule has 0 saturated carbocycles. The Morgan fingerprint density at radius 3 is 2.68 bits per heavy atom. The molecule has 2 heterocycles. The van der Waals surface area contributed by atoms with Crippen molar-refractivity contribution >= 4 is 37.5 Å². The zero-order valence-corrected chi connectivity index (χ0v) is 12.2. The van der Waals surface area contributed by atoms with Gasteiger partial charge in [0.1, 0.15) is 9.86 Å². The van der Waals surface area contributed by atoms with Gasteiger partial charge in [-0.15, -0.1) is 11.3 Å². The number of thiophene rings is 1. The molecule has 0 radical (unpaired) electrons. The first-order chi connectivity index (χ1) is 8.77. The number of aromatic amines is 1. The minimum Gasteiger partial charge on any atom is -0.351 e. The average molecular weight is 301 g/mol. The van der Waals surface area contributed by atoms with E-state index < -0.39 is 10.0 Å². The van der Waals surface area contributed by atoms with Crippen molar-refractivity contribution < 1.29 is 13.2 Å². The van der Waals surface area contributed by atoms with E-state index in [-0.39, 0.29) is 10.9 Å². The van der Waals surface area contributed by atoms with Crippen molar-refractivity contribution in [2.45, 2.75) is 18.9 Å². The lowest BCUT2D eigenvalue weighted by Gasteiger charge is -2.05. The number of fused-ring (bicyclic) bond motifs is 1. The molecule has 0 aliphatic carbocycles. The Morgan fingerprint density at radius 2 is 2.16 bits per heavy atom. The Hall–Kier alpha value is -1.38. The molecule has 19 heavy (non-hydrogen) atoms. The highest BCUT2D eigenvalue weighted by Gasteiger charge is 2.16. The SMILES string of the molecule is CC(C)CNC(=O)c1cc2cc(S(N)(=O)=O)[nH]c2s1. The fourth-order valence-electron chi connectivity index (χ4n) is 1.55. The minimum atomic E-state index is -3.74. The molecule has 0 aliphatic heterocycles. The standard InChI is InChI=1S/C11H15N3O3S2/c1-6(2)5-13-10(15)8-3-7-4-9(19(12,16)17)14-11(7)18-8/h3-4,6,14H,5H2,1-2H3,(H,13,15)(H2,12,16,17). The topological polar surface area (TPSA) is 105 Å². The molecule has 0 saturated heterocycles. The van der Waals surface area contributed by atoms with Gasteiger partial charge in [0.05, 0.1) is 4.88 Å². The van der Waals surface area contributed by atoms with Crippen molar-refractivity contribution in [3.63, 3.8) is 0 Å². The van der Waals surface area contributed by atoms with Crippen LogP contribution in [0, 0.1) is 5.92 Å². The summed E-state index contributed by atoms with van der Waals surface area (Å²) in [5, 5.41) is 8.46. The fraction of sp³-hybridized carbons (Fsp3) is 0.364. The van der Waals surface area contributed by atoms with E-state index in [0.717, 1.165) is 0 Å². The number of carbonyl (C=O) groups is 1. The minimum absolute atomic E-state index is 0.0390. The van der Waals surface area contributed by atoms with Crippen LogP contribution in [0.5, 0.6) is 0 Å². The van der Waals surface area contributed by atoms with E-state index in [9.17, 15) is 13.2 Å². The zero-order valence-electron chi connectivity index (χ0n) is 10.6. The molecule has 104 valence electrons. The van der Waals surface area contributed by atoms with Crippen LogP contribution in [0.1, 0.15) is 23.5 Å². The Morgan fingerprint density at radius 1 is 1.47 bits per heavy atom. The predicted octanol–water partition coefficient (Wildman–Crippen LogP) is 1.26. The second kappa shape index (κ2) is 4.95. The van der Waals surface area contributed by atoms with Gasteiger partial charge in [-0.2, -0.15) is 0 Å². The predicted molar refractivity (Wildman–Crippen MR) is 74.7 cm³/mol. The van der Waals surface area contributed by atoms with E-state index in [4.69, 9.17) is 5.14 Å². The number of nitrogens with two attached hydrogens (primary N) is 1. The van der Waals surface area contributed by atoms with Crippen molar-refractivity contribution in [2.75, 3.05) is 6.54 Å². The maximum atomic E-state index is 11.8. The average Bonchev–Trinajstić information content (AvgIpc) is 2.81. The van der Waals surface area contributed by atoms with E-state index in [0.29, 0.717) is 27.6 Å². The molecule has 0 unspecified atom stereocenters. The first-order valence-electron chi connectivity index (χ1n) is 5.71. The van der Waals surface area contributed by atoms with Crippen molar-refractivity contribution in [2.24, 2.45) is 11.1 Å². The third-order valence-corrected chi connectivity index (χ3v) is 4.38. The first kappa shape index (κ1) is 14.0. The van der Waals surface area contributed by atoms with Gasteiger partial charge in [0.15, 0.2) is 0 Å². The number of H-pyrrole nitrogens is 1. The molecule has 4 N–H and O–H groups in total. The maximum Gasteiger partial charge on any atom is 0.261 e. The number of primary sulfonamides is 1. The molecule has 0 aliphatic rings. The molecule has 1 amide bonds. The van der Waals surface area contributed by atoms with Crippen LogP contribution < -0.4 is 10.5 Å². The van der Waals surface area contributed by atoms with E-state index in [1.807, 2.05) is 13.8 Å². The van der Waals surface area contributed by atoms with E-state index in [1.165, 1.54) is 17.4 Å². The lowest BCUT2D eigenvalue weighted by Crippen LogP contribution is -2.26. The number of hydrogen-bond acceptors (Lipinski definition) is 4. The van der Waals surface area contributed by atoms with E-state index in [2.05, 4.69) is 10.3 Å². The van der Waals surface area contributed by atoms with Crippen LogP contribution in [-0.2, 0) is 10.0 Å². The van der Waals surface area contributed by atoms with Gasteiger partial charge in [0, 0.05) is 11.9 Å². The molecule has 8 heteroatoms. The fourth-order valence-corrected chi connectivity index (χ4v) is 3.12. The third kappa shape index (κ3) is 3.14. The van der Waals surface area contributed by atoms with Gasteiger partial charge in [-0.1, -0.05) is 13.8 Å². The molecule has 0 atom stereocenters. The van der Waals surface area contributed by atoms with Crippen LogP contribution >= 0.6 is 11.3 Å². The van der Waals surface area contributed by atoms with Crippen molar-refractivity contribution in [1.82, 2.24) is 10.3 Å². The molecule has 0 aromatic carbocycles. The lowest BCUT2D eigenvalue weighted by atomic mass is 10.2. The summed E-state index contributed by atoms with van der Waals surface area (Å²) in [5.74, 6) is 0.225. The number of carbonyl (C=O) groups excluding carboxylic acids is 1. The Labute approximate surface area is 115 Å². The summed E-state index contributed by atoms with van der Waals surface area (Å²) < 4.78 is 22.3. The number of nitrogens with one attached hydrogen (secondary N) is 2. The molecular weight excluding hydrogens is 286 g/mol. The zero-order chi connectivity index (χ0) is 14.2. The summed E-state index contributed by atoms with van der Waals surface area (Å²) in [7, 11) is -3.74. The van der Waals surface area contributed by atoms with Crippen LogP contribution in [0.3, 0.4) is 0 Å². The van der Waals surface area contributed by atoms with Crippen LogP contribution in [0.15, 0.2) is 17.2 Å². The van der Waals surface area contributed by atoms with E-state index >= 15 is 0 Å². The molecule has 0 spiro atoms. The summed E-state index contributed by atoms with van der Waals surface area (Å²) in [4.78, 5) is 15.7. The normalized spacial score (nSPS) is 12.2. The second-order valence-electron chi connectivity index (χ2n) is 4.68. The highest BCUT2D eigenvalue weighted by atomic mass is 32.2. The van der Waals surface area contributed by atoms with Crippen molar-refractivity contribution in [3.05, 3.63) is 17.0 Å². The molecule has 6 nitrogen and oxygen atoms in total. The monoisotopic (exact) mass is 301 g/mol. The van der Waals surface area contributed by atoms with Gasteiger partial charge in [-0.05, 0) is 18.1 Å². The van der Waals surface area contributed by atoms with Gasteiger partial charge in [-0.3, -0.25) is 4.79 Å². The number of sulfonamides is 1. The molecule has 2 aromatic rings. The molecule has 2 rings (SSSR count). The highest BCUT2D eigenvalue weighted by molar-refractivity contribution is 7.89. The first-order valence-corrected chi connectivity index (χ1v) is 8.07. The number of hydrogen-bond donors (Lipinski definition) is 3. The summed E-state index contributed by atoms with van der Waals surface area (Å²) in [6.45, 7) is 4.63. The van der Waals surface area contributed by atoms with Gasteiger partial charge in [-0.25, -0.2) is 13.6 Å². The quantitative estimate of drug-likeness (QED) is 0.791. The molecular formula is C11H15N3O3S2. The Balaban J connectivity index is 2.24. The van der Waals surface area contributed by atoms with Gasteiger partial charge in [0.2, 0.25) is 0 Å². The third-order valence-electron chi connectivity index (χ3n) is 2.49.